The lowest BCUT2D eigenvalue weighted by Crippen LogP contribution is -2.41. The van der Waals surface area contributed by atoms with Gasteiger partial charge in [-0.1, -0.05) is 6.08 Å². The summed E-state index contributed by atoms with van der Waals surface area (Å²) in [7, 11) is 0. The van der Waals surface area contributed by atoms with Crippen molar-refractivity contribution >= 4 is 17.8 Å². The largest absolute Gasteiger partial charge is 0.456 e. The molecule has 6 nitrogen and oxygen atoms in total. The van der Waals surface area contributed by atoms with Gasteiger partial charge >= 0.3 is 11.9 Å². The van der Waals surface area contributed by atoms with Crippen molar-refractivity contribution in [2.45, 2.75) is 32.6 Å². The fourth-order valence-corrected chi connectivity index (χ4v) is 1.70. The van der Waals surface area contributed by atoms with E-state index in [1.807, 2.05) is 0 Å². The molecule has 1 saturated heterocycles. The molecule has 0 N–H and O–H groups in total. The Morgan fingerprint density at radius 1 is 1.41 bits per heavy atom. The van der Waals surface area contributed by atoms with Gasteiger partial charge in [-0.15, -0.1) is 6.58 Å². The van der Waals surface area contributed by atoms with Crippen molar-refractivity contribution in [3.05, 3.63) is 12.7 Å². The van der Waals surface area contributed by atoms with E-state index < -0.39 is 24.3 Å². The summed E-state index contributed by atoms with van der Waals surface area (Å²) in [5.74, 6) is -1.28. The van der Waals surface area contributed by atoms with E-state index in [4.69, 9.17) is 9.47 Å². The molecule has 0 aromatic heterocycles. The van der Waals surface area contributed by atoms with Gasteiger partial charge in [-0.2, -0.15) is 0 Å². The van der Waals surface area contributed by atoms with Crippen LogP contribution >= 0.6 is 0 Å². The number of esters is 2. The second-order valence-electron chi connectivity index (χ2n) is 3.69. The molecule has 6 heteroatoms. The van der Waals surface area contributed by atoms with Crippen LogP contribution in [0, 0.1) is 0 Å². The molecule has 0 aromatic rings. The number of hydrogen-bond acceptors (Lipinski definition) is 5. The molecular weight excluding hydrogens is 226 g/mol. The van der Waals surface area contributed by atoms with Crippen LogP contribution in [0.4, 0.5) is 0 Å². The predicted octanol–water partition coefficient (Wildman–Crippen LogP) is 0.226. The number of carbonyl (C=O) groups excluding carboxylic acids is 3. The average Bonchev–Trinajstić information content (AvgIpc) is 2.45. The summed E-state index contributed by atoms with van der Waals surface area (Å²) in [5, 5.41) is 0. The standard InChI is InChI=1S/C11H15NO5/c1-4-5-12-10(15)6-9(16-7(2)13)11(12)17-8(3)14/h4,9,11H,1,5-6H2,2-3H3/t9-,11?/m0/s1. The lowest BCUT2D eigenvalue weighted by molar-refractivity contribution is -0.173. The number of likely N-dealkylation sites (tertiary alicyclic amines) is 1. The third kappa shape index (κ3) is 3.30. The highest BCUT2D eigenvalue weighted by Gasteiger charge is 2.43. The Morgan fingerprint density at radius 2 is 2.00 bits per heavy atom. The molecule has 1 aliphatic heterocycles. The van der Waals surface area contributed by atoms with Crippen molar-refractivity contribution in [1.82, 2.24) is 4.90 Å². The van der Waals surface area contributed by atoms with E-state index in [0.29, 0.717) is 0 Å². The quantitative estimate of drug-likeness (QED) is 0.520. The molecule has 94 valence electrons. The fraction of sp³-hybridized carbons (Fsp3) is 0.545. The van der Waals surface area contributed by atoms with Crippen molar-refractivity contribution < 1.29 is 23.9 Å². The Kier molecular flexibility index (Phi) is 4.25. The molecule has 1 rings (SSSR count). The zero-order chi connectivity index (χ0) is 13.0. The third-order valence-electron chi connectivity index (χ3n) is 2.25. The van der Waals surface area contributed by atoms with Gasteiger partial charge in [-0.05, 0) is 0 Å². The molecule has 0 radical (unpaired) electrons. The SMILES string of the molecule is C=CCN1C(=O)C[C@H](OC(C)=O)C1OC(C)=O. The first-order valence-electron chi connectivity index (χ1n) is 5.20. The number of ether oxygens (including phenoxy) is 2. The molecule has 1 amide bonds. The average molecular weight is 241 g/mol. The number of hydrogen-bond donors (Lipinski definition) is 0. The predicted molar refractivity (Wildman–Crippen MR) is 57.6 cm³/mol. The van der Waals surface area contributed by atoms with E-state index in [1.54, 1.807) is 0 Å². The van der Waals surface area contributed by atoms with Crippen molar-refractivity contribution in [1.29, 1.82) is 0 Å². The van der Waals surface area contributed by atoms with E-state index >= 15 is 0 Å². The smallest absolute Gasteiger partial charge is 0.304 e. The summed E-state index contributed by atoms with van der Waals surface area (Å²) < 4.78 is 9.96. The Balaban J connectivity index is 2.83. The van der Waals surface area contributed by atoms with E-state index in [1.165, 1.54) is 24.8 Å². The maximum atomic E-state index is 11.6. The summed E-state index contributed by atoms with van der Waals surface area (Å²) >= 11 is 0. The Hall–Kier alpha value is -1.85. The second kappa shape index (κ2) is 5.47. The maximum Gasteiger partial charge on any atom is 0.304 e. The van der Waals surface area contributed by atoms with Gasteiger partial charge in [0.1, 0.15) is 0 Å². The lowest BCUT2D eigenvalue weighted by Gasteiger charge is -2.25. The first-order valence-corrected chi connectivity index (χ1v) is 5.20. The number of nitrogens with zero attached hydrogens (tertiary/aromatic N) is 1. The Morgan fingerprint density at radius 3 is 2.47 bits per heavy atom. The van der Waals surface area contributed by atoms with Crippen LogP contribution in [-0.4, -0.2) is 41.6 Å². The number of carbonyl (C=O) groups is 3. The third-order valence-corrected chi connectivity index (χ3v) is 2.25. The molecule has 1 heterocycles. The fourth-order valence-electron chi connectivity index (χ4n) is 1.70. The minimum atomic E-state index is -0.859. The second-order valence-corrected chi connectivity index (χ2v) is 3.69. The summed E-state index contributed by atoms with van der Waals surface area (Å²) in [6, 6.07) is 0. The molecular formula is C11H15NO5. The highest BCUT2D eigenvalue weighted by atomic mass is 16.6. The zero-order valence-corrected chi connectivity index (χ0v) is 9.84. The van der Waals surface area contributed by atoms with Crippen molar-refractivity contribution in [3.8, 4) is 0 Å². The molecule has 0 aromatic carbocycles. The minimum absolute atomic E-state index is 0.0192. The highest BCUT2D eigenvalue weighted by molar-refractivity contribution is 5.81. The molecule has 1 unspecified atom stereocenters. The van der Waals surface area contributed by atoms with Gasteiger partial charge < -0.3 is 9.47 Å². The lowest BCUT2D eigenvalue weighted by atomic mass is 10.3. The van der Waals surface area contributed by atoms with Gasteiger partial charge in [0, 0.05) is 20.4 Å². The summed E-state index contributed by atoms with van der Waals surface area (Å²) in [4.78, 5) is 34.8. The van der Waals surface area contributed by atoms with Crippen molar-refractivity contribution in [2.75, 3.05) is 6.54 Å². The van der Waals surface area contributed by atoms with E-state index in [-0.39, 0.29) is 18.9 Å². The van der Waals surface area contributed by atoms with Crippen LogP contribution < -0.4 is 0 Å². The van der Waals surface area contributed by atoms with Gasteiger partial charge in [0.2, 0.25) is 12.1 Å². The van der Waals surface area contributed by atoms with Crippen LogP contribution in [0.2, 0.25) is 0 Å². The van der Waals surface area contributed by atoms with Crippen LogP contribution in [0.3, 0.4) is 0 Å². The van der Waals surface area contributed by atoms with Crippen LogP contribution in [0.15, 0.2) is 12.7 Å². The minimum Gasteiger partial charge on any atom is -0.456 e. The molecule has 0 bridgehead atoms. The van der Waals surface area contributed by atoms with E-state index in [9.17, 15) is 14.4 Å². The number of amides is 1. The first-order chi connectivity index (χ1) is 7.95. The first kappa shape index (κ1) is 13.2. The Labute approximate surface area is 99.2 Å². The van der Waals surface area contributed by atoms with Gasteiger partial charge in [0.15, 0.2) is 6.10 Å². The Bertz CT molecular complexity index is 352. The number of rotatable bonds is 4. The molecule has 0 saturated carbocycles. The van der Waals surface area contributed by atoms with Crippen LogP contribution in [0.1, 0.15) is 20.3 Å². The normalized spacial score (nSPS) is 23.4. The zero-order valence-electron chi connectivity index (χ0n) is 9.84. The van der Waals surface area contributed by atoms with Gasteiger partial charge in [0.25, 0.3) is 0 Å². The van der Waals surface area contributed by atoms with Gasteiger partial charge in [-0.25, -0.2) is 0 Å². The molecule has 1 fully saturated rings. The molecule has 1 aliphatic rings. The van der Waals surface area contributed by atoms with Crippen molar-refractivity contribution in [3.63, 3.8) is 0 Å². The topological polar surface area (TPSA) is 72.9 Å². The summed E-state index contributed by atoms with van der Waals surface area (Å²) in [6.07, 6.45) is -0.0682. The highest BCUT2D eigenvalue weighted by Crippen LogP contribution is 2.23. The molecule has 17 heavy (non-hydrogen) atoms. The molecule has 0 aliphatic carbocycles. The van der Waals surface area contributed by atoms with Gasteiger partial charge in [-0.3, -0.25) is 19.3 Å². The summed E-state index contributed by atoms with van der Waals surface area (Å²) in [6.45, 7) is 6.24. The van der Waals surface area contributed by atoms with Gasteiger partial charge in [0.05, 0.1) is 6.42 Å². The monoisotopic (exact) mass is 241 g/mol. The van der Waals surface area contributed by atoms with Crippen LogP contribution in [0.25, 0.3) is 0 Å². The molecule has 2 atom stereocenters. The van der Waals surface area contributed by atoms with E-state index in [0.717, 1.165) is 0 Å². The maximum absolute atomic E-state index is 11.6. The van der Waals surface area contributed by atoms with Crippen molar-refractivity contribution in [2.24, 2.45) is 0 Å². The molecule has 0 spiro atoms. The van der Waals surface area contributed by atoms with Crippen LogP contribution in [0.5, 0.6) is 0 Å². The van der Waals surface area contributed by atoms with E-state index in [2.05, 4.69) is 6.58 Å². The van der Waals surface area contributed by atoms with Crippen LogP contribution in [-0.2, 0) is 23.9 Å². The summed E-state index contributed by atoms with van der Waals surface area (Å²) in [5.41, 5.74) is 0.